The van der Waals surface area contributed by atoms with Crippen LogP contribution < -0.4 is 0 Å². The van der Waals surface area contributed by atoms with Gasteiger partial charge < -0.3 is 0 Å². The molecule has 0 saturated heterocycles. The molecule has 0 aliphatic rings. The average Bonchev–Trinajstić information content (AvgIpc) is 2.81. The fourth-order valence-electron chi connectivity index (χ4n) is 1.92. The minimum atomic E-state index is -4.49. The Morgan fingerprint density at radius 1 is 1.38 bits per heavy atom. The summed E-state index contributed by atoms with van der Waals surface area (Å²) in [6, 6.07) is 3.53. The molecule has 0 atom stereocenters. The van der Waals surface area contributed by atoms with E-state index in [0.29, 0.717) is 6.42 Å². The van der Waals surface area contributed by atoms with E-state index in [2.05, 4.69) is 21.0 Å². The van der Waals surface area contributed by atoms with Crippen LogP contribution in [0.5, 0.6) is 0 Å². The standard InChI is InChI=1S/C14H12BrF3N2O/c1-20-8-9(7-19-20)2-5-13(21)10-3-4-12(15)11(6-10)14(16,17)18/h3-4,6-8H,2,5H2,1H3. The fourth-order valence-corrected chi connectivity index (χ4v) is 2.39. The number of hydrogen-bond acceptors (Lipinski definition) is 2. The molecule has 0 N–H and O–H groups in total. The largest absolute Gasteiger partial charge is 0.417 e. The van der Waals surface area contributed by atoms with Gasteiger partial charge in [0.15, 0.2) is 5.78 Å². The number of ketones is 1. The number of benzene rings is 1. The summed E-state index contributed by atoms with van der Waals surface area (Å²) in [5.74, 6) is -0.322. The highest BCUT2D eigenvalue weighted by Crippen LogP contribution is 2.35. The maximum atomic E-state index is 12.8. The number of carbonyl (C=O) groups excluding carboxylic acids is 1. The third kappa shape index (κ3) is 3.93. The predicted molar refractivity (Wildman–Crippen MR) is 75.0 cm³/mol. The van der Waals surface area contributed by atoms with Gasteiger partial charge in [0.05, 0.1) is 11.8 Å². The van der Waals surface area contributed by atoms with Crippen LogP contribution in [0.3, 0.4) is 0 Å². The van der Waals surface area contributed by atoms with Gasteiger partial charge in [-0.1, -0.05) is 22.0 Å². The van der Waals surface area contributed by atoms with E-state index in [9.17, 15) is 18.0 Å². The minimum absolute atomic E-state index is 0.0643. The summed E-state index contributed by atoms with van der Waals surface area (Å²) in [6.07, 6.45) is -0.487. The van der Waals surface area contributed by atoms with Crippen molar-refractivity contribution in [3.05, 3.63) is 51.8 Å². The molecule has 0 radical (unpaired) electrons. The van der Waals surface area contributed by atoms with Gasteiger partial charge in [0.25, 0.3) is 0 Å². The quantitative estimate of drug-likeness (QED) is 0.772. The van der Waals surface area contributed by atoms with Gasteiger partial charge in [-0.2, -0.15) is 18.3 Å². The van der Waals surface area contributed by atoms with Crippen molar-refractivity contribution < 1.29 is 18.0 Å². The lowest BCUT2D eigenvalue weighted by molar-refractivity contribution is -0.138. The Hall–Kier alpha value is -1.63. The first-order valence-electron chi connectivity index (χ1n) is 6.15. The summed E-state index contributed by atoms with van der Waals surface area (Å²) in [6.45, 7) is 0. The highest BCUT2D eigenvalue weighted by molar-refractivity contribution is 9.10. The van der Waals surface area contributed by atoms with Gasteiger partial charge in [-0.05, 0) is 24.1 Å². The first kappa shape index (κ1) is 15.8. The van der Waals surface area contributed by atoms with E-state index >= 15 is 0 Å². The zero-order valence-corrected chi connectivity index (χ0v) is 12.7. The smallest absolute Gasteiger partial charge is 0.294 e. The van der Waals surface area contributed by atoms with Gasteiger partial charge in [-0.3, -0.25) is 9.48 Å². The Morgan fingerprint density at radius 2 is 2.10 bits per heavy atom. The molecule has 0 saturated carbocycles. The van der Waals surface area contributed by atoms with Crippen molar-refractivity contribution in [2.75, 3.05) is 0 Å². The number of aryl methyl sites for hydroxylation is 2. The van der Waals surface area contributed by atoms with Crippen molar-refractivity contribution in [1.82, 2.24) is 9.78 Å². The lowest BCUT2D eigenvalue weighted by atomic mass is 10.0. The van der Waals surface area contributed by atoms with Gasteiger partial charge in [-0.25, -0.2) is 0 Å². The molecule has 1 aromatic carbocycles. The molecule has 2 rings (SSSR count). The summed E-state index contributed by atoms with van der Waals surface area (Å²) in [5, 5.41) is 3.98. The van der Waals surface area contributed by atoms with Crippen LogP contribution in [-0.2, 0) is 19.6 Å². The van der Waals surface area contributed by atoms with Gasteiger partial charge in [0, 0.05) is 29.7 Å². The number of carbonyl (C=O) groups is 1. The molecular weight excluding hydrogens is 349 g/mol. The van der Waals surface area contributed by atoms with Gasteiger partial charge in [0.2, 0.25) is 0 Å². The van der Waals surface area contributed by atoms with Gasteiger partial charge >= 0.3 is 6.18 Å². The van der Waals surface area contributed by atoms with E-state index in [1.807, 2.05) is 0 Å². The molecule has 0 spiro atoms. The molecule has 3 nitrogen and oxygen atoms in total. The summed E-state index contributed by atoms with van der Waals surface area (Å²) >= 11 is 2.85. The molecule has 0 fully saturated rings. The summed E-state index contributed by atoms with van der Waals surface area (Å²) in [7, 11) is 1.76. The van der Waals surface area contributed by atoms with E-state index in [0.717, 1.165) is 11.6 Å². The van der Waals surface area contributed by atoms with Crippen molar-refractivity contribution in [3.63, 3.8) is 0 Å². The fraction of sp³-hybridized carbons (Fsp3) is 0.286. The van der Waals surface area contributed by atoms with E-state index in [1.54, 1.807) is 24.1 Å². The Bertz CT molecular complexity index is 664. The molecule has 1 heterocycles. The van der Waals surface area contributed by atoms with E-state index in [-0.39, 0.29) is 22.2 Å². The van der Waals surface area contributed by atoms with Crippen LogP contribution in [0.1, 0.15) is 27.9 Å². The lowest BCUT2D eigenvalue weighted by Crippen LogP contribution is -2.09. The second-order valence-electron chi connectivity index (χ2n) is 4.64. The first-order valence-corrected chi connectivity index (χ1v) is 6.94. The zero-order chi connectivity index (χ0) is 15.6. The van der Waals surface area contributed by atoms with Gasteiger partial charge in [0.1, 0.15) is 0 Å². The highest BCUT2D eigenvalue weighted by Gasteiger charge is 2.33. The average molecular weight is 361 g/mol. The third-order valence-corrected chi connectivity index (χ3v) is 3.68. The Kier molecular flexibility index (Phi) is 4.51. The van der Waals surface area contributed by atoms with Crippen molar-refractivity contribution in [2.45, 2.75) is 19.0 Å². The van der Waals surface area contributed by atoms with Crippen molar-refractivity contribution in [1.29, 1.82) is 0 Å². The maximum absolute atomic E-state index is 12.8. The summed E-state index contributed by atoms with van der Waals surface area (Å²) < 4.78 is 39.9. The molecule has 2 aromatic rings. The molecule has 0 aliphatic heterocycles. The van der Waals surface area contributed by atoms with Crippen molar-refractivity contribution >= 4 is 21.7 Å². The Balaban J connectivity index is 2.12. The maximum Gasteiger partial charge on any atom is 0.417 e. The summed E-state index contributed by atoms with van der Waals surface area (Å²) in [5.41, 5.74) is 0.100. The van der Waals surface area contributed by atoms with Crippen molar-refractivity contribution in [3.8, 4) is 0 Å². The molecule has 0 amide bonds. The lowest BCUT2D eigenvalue weighted by Gasteiger charge is -2.10. The topological polar surface area (TPSA) is 34.9 Å². The third-order valence-electron chi connectivity index (χ3n) is 2.99. The van der Waals surface area contributed by atoms with Gasteiger partial charge in [-0.15, -0.1) is 0 Å². The molecule has 0 aliphatic carbocycles. The first-order chi connectivity index (χ1) is 9.77. The molecular formula is C14H12BrF3N2O. The molecule has 21 heavy (non-hydrogen) atoms. The molecule has 0 bridgehead atoms. The minimum Gasteiger partial charge on any atom is -0.294 e. The Labute approximate surface area is 127 Å². The molecule has 1 aromatic heterocycles. The van der Waals surface area contributed by atoms with Crippen molar-refractivity contribution in [2.24, 2.45) is 7.05 Å². The number of nitrogens with zero attached hydrogens (tertiary/aromatic N) is 2. The summed E-state index contributed by atoms with van der Waals surface area (Å²) in [4.78, 5) is 12.0. The van der Waals surface area contributed by atoms with E-state index in [1.165, 1.54) is 12.1 Å². The number of alkyl halides is 3. The molecule has 7 heteroatoms. The SMILES string of the molecule is Cn1cc(CCC(=O)c2ccc(Br)c(C(F)(F)F)c2)cn1. The number of aromatic nitrogens is 2. The number of halogens is 4. The van der Waals surface area contributed by atoms with Crippen LogP contribution in [0.25, 0.3) is 0 Å². The molecule has 112 valence electrons. The predicted octanol–water partition coefficient (Wildman–Crippen LogP) is 4.02. The molecule has 0 unspecified atom stereocenters. The highest BCUT2D eigenvalue weighted by atomic mass is 79.9. The second-order valence-corrected chi connectivity index (χ2v) is 5.49. The number of rotatable bonds is 4. The van der Waals surface area contributed by atoms with Crippen LogP contribution in [0.2, 0.25) is 0 Å². The second kappa shape index (κ2) is 6.01. The van der Waals surface area contributed by atoms with E-state index in [4.69, 9.17) is 0 Å². The monoisotopic (exact) mass is 360 g/mol. The number of hydrogen-bond donors (Lipinski definition) is 0. The van der Waals surface area contributed by atoms with Crippen LogP contribution >= 0.6 is 15.9 Å². The van der Waals surface area contributed by atoms with Crippen LogP contribution in [0.4, 0.5) is 13.2 Å². The number of Topliss-reactive ketones (excluding diaryl/α,β-unsaturated/α-hetero) is 1. The normalized spacial score (nSPS) is 11.7. The van der Waals surface area contributed by atoms with E-state index < -0.39 is 11.7 Å². The van der Waals surface area contributed by atoms with Crippen LogP contribution in [-0.4, -0.2) is 15.6 Å². The zero-order valence-electron chi connectivity index (χ0n) is 11.1. The van der Waals surface area contributed by atoms with Crippen LogP contribution in [0.15, 0.2) is 35.1 Å². The van der Waals surface area contributed by atoms with Crippen LogP contribution in [0, 0.1) is 0 Å². The Morgan fingerprint density at radius 3 is 2.67 bits per heavy atom.